The van der Waals surface area contributed by atoms with Gasteiger partial charge in [-0.1, -0.05) is 19.9 Å². The van der Waals surface area contributed by atoms with E-state index in [1.165, 1.54) is 10.7 Å². The van der Waals surface area contributed by atoms with E-state index in [4.69, 9.17) is 0 Å². The van der Waals surface area contributed by atoms with E-state index >= 15 is 0 Å². The largest absolute Gasteiger partial charge is 0.366 e. The SMILES string of the molecule is Cc1cc(NCc2ccc(-n3cccn3)c(F)c2)nc(C(C)C)n1. The van der Waals surface area contributed by atoms with Crippen LogP contribution in [0.1, 0.15) is 36.8 Å². The van der Waals surface area contributed by atoms with Gasteiger partial charge in [-0.25, -0.2) is 19.0 Å². The monoisotopic (exact) mass is 325 g/mol. The summed E-state index contributed by atoms with van der Waals surface area (Å²) in [7, 11) is 0. The van der Waals surface area contributed by atoms with E-state index in [9.17, 15) is 4.39 Å². The number of aryl methyl sites for hydroxylation is 1. The van der Waals surface area contributed by atoms with Crippen molar-refractivity contribution in [2.45, 2.75) is 33.2 Å². The Kier molecular flexibility index (Phi) is 4.55. The van der Waals surface area contributed by atoms with Crippen LogP contribution in [0, 0.1) is 12.7 Å². The smallest absolute Gasteiger partial charge is 0.149 e. The first-order chi connectivity index (χ1) is 11.5. The van der Waals surface area contributed by atoms with Gasteiger partial charge in [0, 0.05) is 36.6 Å². The van der Waals surface area contributed by atoms with Gasteiger partial charge in [-0.05, 0) is 30.7 Å². The molecule has 24 heavy (non-hydrogen) atoms. The minimum atomic E-state index is -0.306. The van der Waals surface area contributed by atoms with E-state index in [-0.39, 0.29) is 11.7 Å². The molecule has 0 spiro atoms. The van der Waals surface area contributed by atoms with Crippen LogP contribution in [-0.2, 0) is 6.54 Å². The van der Waals surface area contributed by atoms with Crippen molar-refractivity contribution in [1.29, 1.82) is 0 Å². The third kappa shape index (κ3) is 3.59. The van der Waals surface area contributed by atoms with Gasteiger partial charge in [-0.2, -0.15) is 5.10 Å². The molecule has 0 saturated heterocycles. The summed E-state index contributed by atoms with van der Waals surface area (Å²) in [4.78, 5) is 8.92. The zero-order chi connectivity index (χ0) is 17.1. The van der Waals surface area contributed by atoms with Crippen LogP contribution < -0.4 is 5.32 Å². The molecule has 3 aromatic rings. The summed E-state index contributed by atoms with van der Waals surface area (Å²) in [6.07, 6.45) is 3.34. The highest BCUT2D eigenvalue weighted by molar-refractivity contribution is 5.40. The van der Waals surface area contributed by atoms with Crippen LogP contribution >= 0.6 is 0 Å². The average molecular weight is 325 g/mol. The van der Waals surface area contributed by atoms with Crippen LogP contribution in [0.3, 0.4) is 0 Å². The van der Waals surface area contributed by atoms with Gasteiger partial charge in [-0.15, -0.1) is 0 Å². The van der Waals surface area contributed by atoms with Crippen molar-refractivity contribution in [2.24, 2.45) is 0 Å². The Morgan fingerprint density at radius 1 is 1.21 bits per heavy atom. The minimum Gasteiger partial charge on any atom is -0.366 e. The highest BCUT2D eigenvalue weighted by Crippen LogP contribution is 2.17. The van der Waals surface area contributed by atoms with Crippen molar-refractivity contribution in [3.8, 4) is 5.69 Å². The molecule has 0 radical (unpaired) electrons. The molecule has 0 amide bonds. The molecular weight excluding hydrogens is 305 g/mol. The molecule has 124 valence electrons. The van der Waals surface area contributed by atoms with E-state index in [0.717, 1.165) is 22.9 Å². The molecule has 0 bridgehead atoms. The van der Waals surface area contributed by atoms with Gasteiger partial charge in [0.1, 0.15) is 23.1 Å². The number of nitrogens with zero attached hydrogens (tertiary/aromatic N) is 4. The van der Waals surface area contributed by atoms with Gasteiger partial charge in [0.05, 0.1) is 0 Å². The fraction of sp³-hybridized carbons (Fsp3) is 0.278. The number of hydrogen-bond acceptors (Lipinski definition) is 4. The predicted molar refractivity (Wildman–Crippen MR) is 91.7 cm³/mol. The summed E-state index contributed by atoms with van der Waals surface area (Å²) in [6, 6.07) is 8.77. The van der Waals surface area contributed by atoms with Crippen LogP contribution in [0.5, 0.6) is 0 Å². The summed E-state index contributed by atoms with van der Waals surface area (Å²) < 4.78 is 15.8. The van der Waals surface area contributed by atoms with Crippen LogP contribution in [0.4, 0.5) is 10.2 Å². The minimum absolute atomic E-state index is 0.260. The quantitative estimate of drug-likeness (QED) is 0.774. The number of anilines is 1. The Hall–Kier alpha value is -2.76. The third-order valence-corrected chi connectivity index (χ3v) is 3.62. The zero-order valence-corrected chi connectivity index (χ0v) is 14.0. The number of rotatable bonds is 5. The maximum atomic E-state index is 14.3. The van der Waals surface area contributed by atoms with E-state index in [1.807, 2.05) is 19.1 Å². The third-order valence-electron chi connectivity index (χ3n) is 3.62. The number of hydrogen-bond donors (Lipinski definition) is 1. The molecule has 0 fully saturated rings. The Balaban J connectivity index is 1.74. The topological polar surface area (TPSA) is 55.6 Å². The lowest BCUT2D eigenvalue weighted by Crippen LogP contribution is -2.07. The van der Waals surface area contributed by atoms with E-state index < -0.39 is 0 Å². The molecule has 6 heteroatoms. The van der Waals surface area contributed by atoms with E-state index in [2.05, 4.69) is 34.2 Å². The zero-order valence-electron chi connectivity index (χ0n) is 14.0. The highest BCUT2D eigenvalue weighted by atomic mass is 19.1. The second-order valence-corrected chi connectivity index (χ2v) is 6.00. The first-order valence-corrected chi connectivity index (χ1v) is 7.91. The molecule has 0 unspecified atom stereocenters. The Labute approximate surface area is 140 Å². The van der Waals surface area contributed by atoms with Crippen molar-refractivity contribution in [2.75, 3.05) is 5.32 Å². The molecule has 2 heterocycles. The molecule has 0 atom stereocenters. The number of benzene rings is 1. The molecule has 3 rings (SSSR count). The fourth-order valence-corrected chi connectivity index (χ4v) is 2.39. The lowest BCUT2D eigenvalue weighted by molar-refractivity contribution is 0.609. The Morgan fingerprint density at radius 2 is 2.04 bits per heavy atom. The van der Waals surface area contributed by atoms with Crippen molar-refractivity contribution in [3.63, 3.8) is 0 Å². The van der Waals surface area contributed by atoms with Crippen molar-refractivity contribution in [1.82, 2.24) is 19.7 Å². The molecule has 1 N–H and O–H groups in total. The average Bonchev–Trinajstić information content (AvgIpc) is 3.06. The molecule has 0 aliphatic rings. The van der Waals surface area contributed by atoms with Crippen LogP contribution in [-0.4, -0.2) is 19.7 Å². The predicted octanol–water partition coefficient (Wildman–Crippen LogP) is 3.85. The number of nitrogens with one attached hydrogen (secondary N) is 1. The normalized spacial score (nSPS) is 11.0. The number of aromatic nitrogens is 4. The van der Waals surface area contributed by atoms with Gasteiger partial charge in [-0.3, -0.25) is 0 Å². The molecule has 1 aromatic carbocycles. The van der Waals surface area contributed by atoms with Gasteiger partial charge in [0.2, 0.25) is 0 Å². The lowest BCUT2D eigenvalue weighted by Gasteiger charge is -2.11. The number of halogens is 1. The summed E-state index contributed by atoms with van der Waals surface area (Å²) in [5.74, 6) is 1.51. The molecular formula is C18H20FN5. The van der Waals surface area contributed by atoms with Crippen molar-refractivity contribution in [3.05, 3.63) is 65.6 Å². The van der Waals surface area contributed by atoms with Gasteiger partial charge in [0.25, 0.3) is 0 Å². The Morgan fingerprint density at radius 3 is 2.71 bits per heavy atom. The van der Waals surface area contributed by atoms with Gasteiger partial charge < -0.3 is 5.32 Å². The summed E-state index contributed by atoms with van der Waals surface area (Å²) in [5, 5.41) is 7.29. The van der Waals surface area contributed by atoms with E-state index in [1.54, 1.807) is 24.5 Å². The van der Waals surface area contributed by atoms with Crippen LogP contribution in [0.2, 0.25) is 0 Å². The molecule has 0 aliphatic heterocycles. The fourth-order valence-electron chi connectivity index (χ4n) is 2.39. The first kappa shape index (κ1) is 16.1. The molecule has 5 nitrogen and oxygen atoms in total. The first-order valence-electron chi connectivity index (χ1n) is 7.91. The summed E-state index contributed by atoms with van der Waals surface area (Å²) in [6.45, 7) is 6.55. The van der Waals surface area contributed by atoms with Crippen molar-refractivity contribution >= 4 is 5.82 Å². The lowest BCUT2D eigenvalue weighted by atomic mass is 10.2. The Bertz CT molecular complexity index is 827. The summed E-state index contributed by atoms with van der Waals surface area (Å²) >= 11 is 0. The van der Waals surface area contributed by atoms with Crippen LogP contribution in [0.25, 0.3) is 5.69 Å². The maximum absolute atomic E-state index is 14.3. The van der Waals surface area contributed by atoms with Gasteiger partial charge in [0.15, 0.2) is 0 Å². The van der Waals surface area contributed by atoms with Crippen molar-refractivity contribution < 1.29 is 4.39 Å². The van der Waals surface area contributed by atoms with E-state index in [0.29, 0.717) is 12.2 Å². The van der Waals surface area contributed by atoms with Crippen LogP contribution in [0.15, 0.2) is 42.7 Å². The second-order valence-electron chi connectivity index (χ2n) is 6.00. The highest BCUT2D eigenvalue weighted by Gasteiger charge is 2.08. The summed E-state index contributed by atoms with van der Waals surface area (Å²) in [5.41, 5.74) is 2.19. The molecule has 0 aliphatic carbocycles. The molecule has 2 aromatic heterocycles. The maximum Gasteiger partial charge on any atom is 0.149 e. The second kappa shape index (κ2) is 6.78. The van der Waals surface area contributed by atoms with Gasteiger partial charge >= 0.3 is 0 Å². The molecule has 0 saturated carbocycles. The standard InChI is InChI=1S/C18H20FN5/c1-12(2)18-22-13(3)9-17(23-18)20-11-14-5-6-16(15(19)10-14)24-8-4-7-21-24/h4-10,12H,11H2,1-3H3,(H,20,22,23).